The summed E-state index contributed by atoms with van der Waals surface area (Å²) in [4.78, 5) is 28.1. The Morgan fingerprint density at radius 3 is 2.46 bits per heavy atom. The van der Waals surface area contributed by atoms with E-state index in [1.807, 2.05) is 30.3 Å². The fraction of sp³-hybridized carbons (Fsp3) is 0.333. The van der Waals surface area contributed by atoms with Crippen LogP contribution in [0.2, 0.25) is 5.02 Å². The van der Waals surface area contributed by atoms with Gasteiger partial charge in [-0.05, 0) is 36.1 Å². The largest absolute Gasteiger partial charge is 0.444 e. The van der Waals surface area contributed by atoms with Crippen LogP contribution in [0.4, 0.5) is 4.79 Å². The molecular formula is C21H23ClN2O4. The molecule has 0 bridgehead atoms. The first-order chi connectivity index (χ1) is 13.5. The van der Waals surface area contributed by atoms with Crippen LogP contribution in [-0.4, -0.2) is 46.2 Å². The number of halogens is 1. The van der Waals surface area contributed by atoms with Gasteiger partial charge in [0.15, 0.2) is 0 Å². The second-order valence-corrected chi connectivity index (χ2v) is 7.28. The molecule has 0 saturated carbocycles. The Labute approximate surface area is 169 Å². The number of hydrogen-bond acceptors (Lipinski definition) is 4. The number of amides is 2. The van der Waals surface area contributed by atoms with Crippen LogP contribution in [0.5, 0.6) is 0 Å². The van der Waals surface area contributed by atoms with Crippen molar-refractivity contribution in [1.29, 1.82) is 0 Å². The van der Waals surface area contributed by atoms with Gasteiger partial charge in [-0.15, -0.1) is 0 Å². The van der Waals surface area contributed by atoms with Crippen molar-refractivity contribution in [3.63, 3.8) is 0 Å². The number of ether oxygens (including phenoxy) is 1. The second-order valence-electron chi connectivity index (χ2n) is 6.84. The van der Waals surface area contributed by atoms with Crippen LogP contribution in [0.15, 0.2) is 54.6 Å². The number of hydrogen-bond donors (Lipinski definition) is 1. The highest BCUT2D eigenvalue weighted by atomic mass is 35.5. The molecule has 148 valence electrons. The third-order valence-corrected chi connectivity index (χ3v) is 5.02. The van der Waals surface area contributed by atoms with Crippen LogP contribution >= 0.6 is 11.6 Å². The molecule has 28 heavy (non-hydrogen) atoms. The van der Waals surface area contributed by atoms with Gasteiger partial charge in [0.05, 0.1) is 0 Å². The minimum atomic E-state index is -1.03. The van der Waals surface area contributed by atoms with Gasteiger partial charge in [0.2, 0.25) is 5.91 Å². The summed E-state index contributed by atoms with van der Waals surface area (Å²) in [6.45, 7) is 0.472. The molecule has 1 aliphatic heterocycles. The molecule has 1 fully saturated rings. The highest BCUT2D eigenvalue weighted by Gasteiger charge is 2.42. The molecule has 2 aromatic rings. The van der Waals surface area contributed by atoms with E-state index >= 15 is 0 Å². The molecule has 1 unspecified atom stereocenters. The fourth-order valence-corrected chi connectivity index (χ4v) is 3.40. The molecule has 3 rings (SSSR count). The van der Waals surface area contributed by atoms with Crippen LogP contribution < -0.4 is 0 Å². The maximum absolute atomic E-state index is 12.9. The Bertz CT molecular complexity index is 813. The van der Waals surface area contributed by atoms with Crippen LogP contribution in [0.25, 0.3) is 0 Å². The number of benzene rings is 2. The summed E-state index contributed by atoms with van der Waals surface area (Å²) in [5.41, 5.74) is 1.77. The van der Waals surface area contributed by atoms with Crippen molar-refractivity contribution in [2.75, 3.05) is 7.05 Å². The molecule has 1 saturated heterocycles. The Balaban J connectivity index is 1.62. The zero-order valence-electron chi connectivity index (χ0n) is 15.6. The predicted octanol–water partition coefficient (Wildman–Crippen LogP) is 3.42. The summed E-state index contributed by atoms with van der Waals surface area (Å²) < 4.78 is 5.31. The average molecular weight is 403 g/mol. The Hall–Kier alpha value is -2.57. The molecule has 1 heterocycles. The van der Waals surface area contributed by atoms with Gasteiger partial charge < -0.3 is 14.7 Å². The predicted molar refractivity (Wildman–Crippen MR) is 105 cm³/mol. The molecule has 1 N–H and O–H groups in total. The van der Waals surface area contributed by atoms with Crippen LogP contribution in [0.3, 0.4) is 0 Å². The Morgan fingerprint density at radius 1 is 1.11 bits per heavy atom. The number of rotatable bonds is 5. The van der Waals surface area contributed by atoms with Crippen molar-refractivity contribution in [2.45, 2.75) is 38.3 Å². The molecule has 2 aromatic carbocycles. The summed E-state index contributed by atoms with van der Waals surface area (Å²) in [5, 5.41) is 10.8. The molecule has 0 radical (unpaired) electrons. The van der Waals surface area contributed by atoms with Crippen LogP contribution in [0, 0.1) is 0 Å². The van der Waals surface area contributed by atoms with Gasteiger partial charge in [-0.2, -0.15) is 0 Å². The lowest BCUT2D eigenvalue weighted by atomic mass is 10.1. The SMILES string of the molecule is CN(Cc1ccccc1)C(=O)[C@@H]1CCC(O)N1C(=O)OCc1ccc(Cl)cc1. The van der Waals surface area contributed by atoms with E-state index in [1.165, 1.54) is 0 Å². The lowest BCUT2D eigenvalue weighted by molar-refractivity contribution is -0.136. The minimum Gasteiger partial charge on any atom is -0.444 e. The third-order valence-electron chi connectivity index (χ3n) is 4.77. The zero-order chi connectivity index (χ0) is 20.1. The third kappa shape index (κ3) is 4.82. The van der Waals surface area contributed by atoms with E-state index in [-0.39, 0.29) is 12.5 Å². The number of nitrogens with zero attached hydrogens (tertiary/aromatic N) is 2. The van der Waals surface area contributed by atoms with Crippen molar-refractivity contribution in [2.24, 2.45) is 0 Å². The van der Waals surface area contributed by atoms with Gasteiger partial charge in [0.25, 0.3) is 0 Å². The standard InChI is InChI=1S/C21H23ClN2O4/c1-23(13-15-5-3-2-4-6-15)20(26)18-11-12-19(25)24(18)21(27)28-14-16-7-9-17(22)10-8-16/h2-10,18-19,25H,11-14H2,1H3/t18-,19?/m0/s1. The van der Waals surface area contributed by atoms with Gasteiger partial charge in [-0.3, -0.25) is 9.69 Å². The van der Waals surface area contributed by atoms with Crippen molar-refractivity contribution in [3.05, 3.63) is 70.7 Å². The van der Waals surface area contributed by atoms with E-state index in [2.05, 4.69) is 0 Å². The van der Waals surface area contributed by atoms with Crippen LogP contribution in [0.1, 0.15) is 24.0 Å². The molecule has 1 aliphatic rings. The number of likely N-dealkylation sites (tertiary alicyclic amines) is 1. The average Bonchev–Trinajstić information content (AvgIpc) is 3.09. The van der Waals surface area contributed by atoms with Gasteiger partial charge in [0.1, 0.15) is 18.9 Å². The second kappa shape index (κ2) is 9.08. The molecule has 0 spiro atoms. The lowest BCUT2D eigenvalue weighted by Crippen LogP contribution is -2.49. The van der Waals surface area contributed by atoms with E-state index in [0.717, 1.165) is 16.0 Å². The first-order valence-electron chi connectivity index (χ1n) is 9.12. The number of carbonyl (C=O) groups excluding carboxylic acids is 2. The van der Waals surface area contributed by atoms with Gasteiger partial charge >= 0.3 is 6.09 Å². The van der Waals surface area contributed by atoms with E-state index in [4.69, 9.17) is 16.3 Å². The van der Waals surface area contributed by atoms with Gasteiger partial charge in [0, 0.05) is 18.6 Å². The molecule has 0 aliphatic carbocycles. The topological polar surface area (TPSA) is 70.1 Å². The summed E-state index contributed by atoms with van der Waals surface area (Å²) in [5.74, 6) is -0.219. The zero-order valence-corrected chi connectivity index (χ0v) is 16.4. The highest BCUT2D eigenvalue weighted by Crippen LogP contribution is 2.26. The summed E-state index contributed by atoms with van der Waals surface area (Å²) in [6.07, 6.45) is -0.996. The molecule has 7 heteroatoms. The number of likely N-dealkylation sites (N-methyl/N-ethyl adjacent to an activating group) is 1. The smallest absolute Gasteiger partial charge is 0.412 e. The fourth-order valence-electron chi connectivity index (χ4n) is 3.27. The summed E-state index contributed by atoms with van der Waals surface area (Å²) in [6, 6.07) is 15.8. The maximum atomic E-state index is 12.9. The van der Waals surface area contributed by atoms with Crippen molar-refractivity contribution in [3.8, 4) is 0 Å². The monoisotopic (exact) mass is 402 g/mol. The molecule has 0 aromatic heterocycles. The van der Waals surface area contributed by atoms with E-state index < -0.39 is 18.4 Å². The number of aliphatic hydroxyl groups excluding tert-OH is 1. The van der Waals surface area contributed by atoms with Crippen LogP contribution in [-0.2, 0) is 22.7 Å². The van der Waals surface area contributed by atoms with Crippen molar-refractivity contribution < 1.29 is 19.4 Å². The molecule has 2 atom stereocenters. The maximum Gasteiger partial charge on any atom is 0.412 e. The van der Waals surface area contributed by atoms with Crippen molar-refractivity contribution >= 4 is 23.6 Å². The minimum absolute atomic E-state index is 0.0417. The number of aliphatic hydroxyl groups is 1. The van der Waals surface area contributed by atoms with Gasteiger partial charge in [-0.25, -0.2) is 4.79 Å². The first kappa shape index (κ1) is 20.2. The first-order valence-corrected chi connectivity index (χ1v) is 9.50. The van der Waals surface area contributed by atoms with E-state index in [1.54, 1.807) is 36.2 Å². The van der Waals surface area contributed by atoms with E-state index in [0.29, 0.717) is 24.4 Å². The summed E-state index contributed by atoms with van der Waals surface area (Å²) >= 11 is 5.85. The Morgan fingerprint density at radius 2 is 1.79 bits per heavy atom. The Kier molecular flexibility index (Phi) is 6.54. The molecule has 6 nitrogen and oxygen atoms in total. The van der Waals surface area contributed by atoms with Crippen molar-refractivity contribution in [1.82, 2.24) is 9.80 Å². The molecular weight excluding hydrogens is 380 g/mol. The van der Waals surface area contributed by atoms with Gasteiger partial charge in [-0.1, -0.05) is 54.1 Å². The highest BCUT2D eigenvalue weighted by molar-refractivity contribution is 6.30. The summed E-state index contributed by atoms with van der Waals surface area (Å²) in [7, 11) is 1.69. The number of carbonyl (C=O) groups is 2. The normalized spacial score (nSPS) is 18.8. The lowest BCUT2D eigenvalue weighted by Gasteiger charge is -2.29. The van der Waals surface area contributed by atoms with E-state index in [9.17, 15) is 14.7 Å². The quantitative estimate of drug-likeness (QED) is 0.831. The molecule has 2 amide bonds.